The Balaban J connectivity index is 1.49. The number of nitrogens with zero attached hydrogens (tertiary/aromatic N) is 1. The zero-order valence-corrected chi connectivity index (χ0v) is 13.8. The summed E-state index contributed by atoms with van der Waals surface area (Å²) < 4.78 is 0. The molecular weight excluding hydrogens is 325 g/mol. The molecule has 0 radical (unpaired) electrons. The topological polar surface area (TPSA) is 36.4 Å². The van der Waals surface area contributed by atoms with E-state index in [1.807, 2.05) is 6.07 Å². The number of fused-ring (bicyclic) bond motifs is 2. The molecule has 0 heterocycles. The van der Waals surface area contributed by atoms with Crippen molar-refractivity contribution in [2.24, 2.45) is 16.9 Å². The summed E-state index contributed by atoms with van der Waals surface area (Å²) in [7, 11) is 0. The van der Waals surface area contributed by atoms with Crippen LogP contribution in [0.2, 0.25) is 10.0 Å². The van der Waals surface area contributed by atoms with E-state index >= 15 is 0 Å². The van der Waals surface area contributed by atoms with Crippen molar-refractivity contribution in [3.63, 3.8) is 0 Å². The SMILES string of the molecule is S=C(N/N=C\c1ccc(Cl)c(Cl)c1)N[C@H]1C[C@H]2CC[C@H]1C2. The number of nitrogens with one attached hydrogen (secondary N) is 2. The van der Waals surface area contributed by atoms with Gasteiger partial charge < -0.3 is 5.32 Å². The Labute approximate surface area is 140 Å². The fraction of sp³-hybridized carbons (Fsp3) is 0.467. The Kier molecular flexibility index (Phi) is 4.67. The van der Waals surface area contributed by atoms with Crippen molar-refractivity contribution in [2.75, 3.05) is 0 Å². The summed E-state index contributed by atoms with van der Waals surface area (Å²) >= 11 is 17.1. The molecule has 1 aromatic carbocycles. The van der Waals surface area contributed by atoms with Crippen LogP contribution < -0.4 is 10.7 Å². The van der Waals surface area contributed by atoms with Gasteiger partial charge >= 0.3 is 0 Å². The van der Waals surface area contributed by atoms with E-state index in [0.717, 1.165) is 17.4 Å². The molecule has 2 bridgehead atoms. The largest absolute Gasteiger partial charge is 0.358 e. The second-order valence-corrected chi connectivity index (χ2v) is 7.02. The summed E-state index contributed by atoms with van der Waals surface area (Å²) in [6.07, 6.45) is 6.99. The summed E-state index contributed by atoms with van der Waals surface area (Å²) in [5.74, 6) is 1.68. The number of hydrogen-bond acceptors (Lipinski definition) is 2. The summed E-state index contributed by atoms with van der Waals surface area (Å²) in [6.45, 7) is 0. The van der Waals surface area contributed by atoms with Crippen LogP contribution >= 0.6 is 35.4 Å². The molecule has 0 aromatic heterocycles. The lowest BCUT2D eigenvalue weighted by Gasteiger charge is -2.23. The molecule has 1 aromatic rings. The first-order chi connectivity index (χ1) is 10.1. The predicted molar refractivity (Wildman–Crippen MR) is 92.2 cm³/mol. The predicted octanol–water partition coefficient (Wildman–Crippen LogP) is 3.98. The van der Waals surface area contributed by atoms with E-state index in [1.54, 1.807) is 18.3 Å². The Morgan fingerprint density at radius 2 is 2.10 bits per heavy atom. The molecule has 2 fully saturated rings. The highest BCUT2D eigenvalue weighted by Crippen LogP contribution is 2.44. The minimum absolute atomic E-state index is 0.517. The number of benzene rings is 1. The first-order valence-corrected chi connectivity index (χ1v) is 8.33. The van der Waals surface area contributed by atoms with Crippen molar-refractivity contribution in [3.05, 3.63) is 33.8 Å². The first kappa shape index (κ1) is 15.1. The number of halogens is 2. The molecule has 2 saturated carbocycles. The fourth-order valence-electron chi connectivity index (χ4n) is 3.38. The van der Waals surface area contributed by atoms with Gasteiger partial charge in [0.2, 0.25) is 0 Å². The van der Waals surface area contributed by atoms with Gasteiger partial charge in [-0.3, -0.25) is 5.43 Å². The van der Waals surface area contributed by atoms with Crippen LogP contribution in [0.4, 0.5) is 0 Å². The van der Waals surface area contributed by atoms with Gasteiger partial charge in [0.25, 0.3) is 0 Å². The molecule has 0 spiro atoms. The van der Waals surface area contributed by atoms with Gasteiger partial charge in [0.1, 0.15) is 0 Å². The van der Waals surface area contributed by atoms with Gasteiger partial charge in [-0.2, -0.15) is 5.10 Å². The van der Waals surface area contributed by atoms with Gasteiger partial charge in [0.05, 0.1) is 16.3 Å². The van der Waals surface area contributed by atoms with Crippen molar-refractivity contribution in [3.8, 4) is 0 Å². The van der Waals surface area contributed by atoms with Crippen LogP contribution in [0.15, 0.2) is 23.3 Å². The van der Waals surface area contributed by atoms with Crippen LogP contribution in [0.3, 0.4) is 0 Å². The Morgan fingerprint density at radius 3 is 2.76 bits per heavy atom. The highest BCUT2D eigenvalue weighted by atomic mass is 35.5. The van der Waals surface area contributed by atoms with E-state index < -0.39 is 0 Å². The molecule has 2 aliphatic rings. The van der Waals surface area contributed by atoms with Gasteiger partial charge in [-0.1, -0.05) is 35.7 Å². The lowest BCUT2D eigenvalue weighted by molar-refractivity contribution is 0.389. The average molecular weight is 342 g/mol. The molecule has 21 heavy (non-hydrogen) atoms. The molecule has 0 aliphatic heterocycles. The maximum Gasteiger partial charge on any atom is 0.187 e. The highest BCUT2D eigenvalue weighted by Gasteiger charge is 2.39. The van der Waals surface area contributed by atoms with Crippen molar-refractivity contribution in [2.45, 2.75) is 31.7 Å². The Bertz CT molecular complexity index is 576. The molecule has 0 unspecified atom stereocenters. The summed E-state index contributed by atoms with van der Waals surface area (Å²) in [5, 5.41) is 9.15. The van der Waals surface area contributed by atoms with Crippen molar-refractivity contribution in [1.82, 2.24) is 10.7 Å². The van der Waals surface area contributed by atoms with Gasteiger partial charge in [0, 0.05) is 6.04 Å². The molecule has 3 atom stereocenters. The van der Waals surface area contributed by atoms with E-state index in [9.17, 15) is 0 Å². The lowest BCUT2D eigenvalue weighted by atomic mass is 9.96. The normalized spacial score (nSPS) is 27.2. The van der Waals surface area contributed by atoms with E-state index in [2.05, 4.69) is 15.8 Å². The molecule has 6 heteroatoms. The number of hydrogen-bond donors (Lipinski definition) is 2. The smallest absolute Gasteiger partial charge is 0.187 e. The second kappa shape index (κ2) is 6.51. The average Bonchev–Trinajstić information content (AvgIpc) is 3.05. The third kappa shape index (κ3) is 3.68. The molecule has 112 valence electrons. The van der Waals surface area contributed by atoms with Crippen LogP contribution in [0.5, 0.6) is 0 Å². The van der Waals surface area contributed by atoms with Gasteiger partial charge in [0.15, 0.2) is 5.11 Å². The van der Waals surface area contributed by atoms with Gasteiger partial charge in [-0.05, 0) is 61.0 Å². The minimum atomic E-state index is 0.517. The highest BCUT2D eigenvalue weighted by molar-refractivity contribution is 7.80. The molecule has 2 aliphatic carbocycles. The first-order valence-electron chi connectivity index (χ1n) is 7.16. The summed E-state index contributed by atoms with van der Waals surface area (Å²) in [6, 6.07) is 5.88. The van der Waals surface area contributed by atoms with Crippen LogP contribution in [-0.4, -0.2) is 17.4 Å². The Morgan fingerprint density at radius 1 is 1.24 bits per heavy atom. The molecule has 2 N–H and O–H groups in total. The standard InChI is InChI=1S/C15H17Cl2N3S/c16-12-4-2-10(6-13(12)17)8-18-20-15(21)19-14-7-9-1-3-11(14)5-9/h2,4,6,8-9,11,14H,1,3,5,7H2,(H2,19,20,21)/b18-8-/t9-,11-,14-/m0/s1. The van der Waals surface area contributed by atoms with Crippen LogP contribution in [0.25, 0.3) is 0 Å². The minimum Gasteiger partial charge on any atom is -0.358 e. The van der Waals surface area contributed by atoms with Crippen molar-refractivity contribution >= 4 is 46.7 Å². The van der Waals surface area contributed by atoms with Crippen molar-refractivity contribution in [1.29, 1.82) is 0 Å². The van der Waals surface area contributed by atoms with E-state index in [1.165, 1.54) is 25.7 Å². The number of thiocarbonyl (C=S) groups is 1. The van der Waals surface area contributed by atoms with Gasteiger partial charge in [-0.25, -0.2) is 0 Å². The summed E-state index contributed by atoms with van der Waals surface area (Å²) in [5.41, 5.74) is 3.74. The maximum atomic E-state index is 5.95. The monoisotopic (exact) mass is 341 g/mol. The van der Waals surface area contributed by atoms with E-state index in [0.29, 0.717) is 21.2 Å². The number of hydrazone groups is 1. The second-order valence-electron chi connectivity index (χ2n) is 5.80. The molecule has 3 nitrogen and oxygen atoms in total. The third-order valence-corrected chi connectivity index (χ3v) is 5.33. The number of rotatable bonds is 3. The lowest BCUT2D eigenvalue weighted by Crippen LogP contribution is -2.42. The molecule has 3 rings (SSSR count). The third-order valence-electron chi connectivity index (χ3n) is 4.38. The quantitative estimate of drug-likeness (QED) is 0.496. The molecular formula is C15H17Cl2N3S. The fourth-order valence-corrected chi connectivity index (χ4v) is 3.89. The summed E-state index contributed by atoms with van der Waals surface area (Å²) in [4.78, 5) is 0. The van der Waals surface area contributed by atoms with Crippen LogP contribution in [0, 0.1) is 11.8 Å². The van der Waals surface area contributed by atoms with Gasteiger partial charge in [-0.15, -0.1) is 0 Å². The van der Waals surface area contributed by atoms with Crippen molar-refractivity contribution < 1.29 is 0 Å². The maximum absolute atomic E-state index is 5.95. The van der Waals surface area contributed by atoms with E-state index in [4.69, 9.17) is 35.4 Å². The zero-order valence-electron chi connectivity index (χ0n) is 11.5. The Hall–Kier alpha value is -0.840. The molecule has 0 amide bonds. The van der Waals surface area contributed by atoms with Crippen LogP contribution in [0.1, 0.15) is 31.2 Å². The molecule has 0 saturated heterocycles. The zero-order chi connectivity index (χ0) is 14.8. The van der Waals surface area contributed by atoms with E-state index in [-0.39, 0.29) is 0 Å². The van der Waals surface area contributed by atoms with Crippen LogP contribution in [-0.2, 0) is 0 Å².